The maximum Gasteiger partial charge on any atom is 0.260 e. The van der Waals surface area contributed by atoms with Crippen LogP contribution in [-0.2, 0) is 4.79 Å². The van der Waals surface area contributed by atoms with Gasteiger partial charge in [0.15, 0.2) is 0 Å². The van der Waals surface area contributed by atoms with Gasteiger partial charge in [0.2, 0.25) is 5.91 Å². The highest BCUT2D eigenvalue weighted by atomic mass is 35.5. The van der Waals surface area contributed by atoms with Crippen molar-refractivity contribution >= 4 is 34.8 Å². The van der Waals surface area contributed by atoms with Crippen molar-refractivity contribution in [3.05, 3.63) is 52.8 Å². The number of carbonyl (C=O) groups is 2. The maximum atomic E-state index is 13.8. The fraction of sp³-hybridized carbons (Fsp3) is 0.222. The van der Waals surface area contributed by atoms with Gasteiger partial charge in [0, 0.05) is 5.69 Å². The number of fused-ring (bicyclic) bond motifs is 1. The number of benzene rings is 2. The zero-order chi connectivity index (χ0) is 18.2. The Morgan fingerprint density at radius 2 is 2.08 bits per heavy atom. The Morgan fingerprint density at radius 1 is 1.32 bits per heavy atom. The minimum absolute atomic E-state index is 0.0191. The molecule has 3 rings (SSSR count). The molecule has 1 aliphatic heterocycles. The van der Waals surface area contributed by atoms with Gasteiger partial charge in [0.25, 0.3) is 5.91 Å². The Kier molecular flexibility index (Phi) is 4.39. The molecule has 2 amide bonds. The number of halogens is 2. The smallest absolute Gasteiger partial charge is 0.260 e. The number of hydrogen-bond acceptors (Lipinski definition) is 3. The highest BCUT2D eigenvalue weighted by Crippen LogP contribution is 2.34. The van der Waals surface area contributed by atoms with E-state index in [4.69, 9.17) is 16.3 Å². The molecule has 0 aliphatic carbocycles. The molecule has 0 radical (unpaired) electrons. The zero-order valence-corrected chi connectivity index (χ0v) is 14.4. The van der Waals surface area contributed by atoms with Crippen LogP contribution >= 0.6 is 11.6 Å². The summed E-state index contributed by atoms with van der Waals surface area (Å²) in [7, 11) is 0. The second-order valence-electron chi connectivity index (χ2n) is 6.39. The number of amides is 2. The third-order valence-corrected chi connectivity index (χ3v) is 4.19. The Balaban J connectivity index is 1.86. The highest BCUT2D eigenvalue weighted by Gasteiger charge is 2.32. The predicted molar refractivity (Wildman–Crippen MR) is 93.7 cm³/mol. The van der Waals surface area contributed by atoms with Crippen LogP contribution in [0.1, 0.15) is 24.2 Å². The van der Waals surface area contributed by atoms with Crippen molar-refractivity contribution in [3.63, 3.8) is 0 Å². The Hall–Kier alpha value is -2.60. The first-order valence-corrected chi connectivity index (χ1v) is 7.99. The van der Waals surface area contributed by atoms with Crippen LogP contribution in [0.2, 0.25) is 5.02 Å². The van der Waals surface area contributed by atoms with Gasteiger partial charge >= 0.3 is 0 Å². The Labute approximate surface area is 149 Å². The van der Waals surface area contributed by atoms with Gasteiger partial charge in [-0.1, -0.05) is 17.7 Å². The molecule has 0 bridgehead atoms. The molecule has 2 aromatic carbocycles. The summed E-state index contributed by atoms with van der Waals surface area (Å²) < 4.78 is 19.5. The van der Waals surface area contributed by atoms with Gasteiger partial charge in [-0.15, -0.1) is 0 Å². The third kappa shape index (κ3) is 3.44. The minimum atomic E-state index is -0.710. The van der Waals surface area contributed by atoms with Crippen LogP contribution in [0.4, 0.5) is 15.8 Å². The molecule has 0 spiro atoms. The van der Waals surface area contributed by atoms with Gasteiger partial charge < -0.3 is 15.4 Å². The molecule has 5 nitrogen and oxygen atoms in total. The molecular weight excluding hydrogens is 347 g/mol. The molecule has 130 valence electrons. The summed E-state index contributed by atoms with van der Waals surface area (Å²) >= 11 is 5.90. The van der Waals surface area contributed by atoms with Gasteiger partial charge in [-0.3, -0.25) is 9.59 Å². The van der Waals surface area contributed by atoms with Gasteiger partial charge in [-0.05, 0) is 44.2 Å². The van der Waals surface area contributed by atoms with Crippen molar-refractivity contribution in [3.8, 4) is 5.75 Å². The van der Waals surface area contributed by atoms with Gasteiger partial charge in [-0.2, -0.15) is 0 Å². The molecule has 2 N–H and O–H groups in total. The normalized spacial score (nSPS) is 15.4. The quantitative estimate of drug-likeness (QED) is 0.845. The van der Waals surface area contributed by atoms with Crippen LogP contribution in [0, 0.1) is 11.2 Å². The first-order valence-electron chi connectivity index (χ1n) is 7.61. The molecule has 0 saturated carbocycles. The lowest BCUT2D eigenvalue weighted by Crippen LogP contribution is -2.33. The summed E-state index contributed by atoms with van der Waals surface area (Å²) in [6, 6.07) is 8.82. The van der Waals surface area contributed by atoms with Gasteiger partial charge in [0.05, 0.1) is 21.7 Å². The minimum Gasteiger partial charge on any atom is -0.490 e. The van der Waals surface area contributed by atoms with Crippen molar-refractivity contribution in [2.24, 2.45) is 5.41 Å². The lowest BCUT2D eigenvalue weighted by molar-refractivity contribution is -0.124. The van der Waals surface area contributed by atoms with E-state index in [0.29, 0.717) is 17.1 Å². The van der Waals surface area contributed by atoms with Crippen LogP contribution in [0.25, 0.3) is 0 Å². The van der Waals surface area contributed by atoms with Crippen molar-refractivity contribution in [2.75, 3.05) is 17.2 Å². The summed E-state index contributed by atoms with van der Waals surface area (Å²) in [6.07, 6.45) is 0. The van der Waals surface area contributed by atoms with Crippen LogP contribution in [0.15, 0.2) is 36.4 Å². The zero-order valence-electron chi connectivity index (χ0n) is 13.7. The van der Waals surface area contributed by atoms with E-state index < -0.39 is 17.1 Å². The lowest BCUT2D eigenvalue weighted by Gasteiger charge is -2.18. The summed E-state index contributed by atoms with van der Waals surface area (Å²) in [4.78, 5) is 24.5. The van der Waals surface area contributed by atoms with Crippen molar-refractivity contribution in [2.45, 2.75) is 13.8 Å². The topological polar surface area (TPSA) is 67.4 Å². The molecule has 0 atom stereocenters. The fourth-order valence-corrected chi connectivity index (χ4v) is 2.60. The summed E-state index contributed by atoms with van der Waals surface area (Å²) in [5.41, 5.74) is -0.0939. The first kappa shape index (κ1) is 17.2. The molecule has 0 fully saturated rings. The highest BCUT2D eigenvalue weighted by molar-refractivity contribution is 6.34. The molecular formula is C18H16ClFN2O3. The van der Waals surface area contributed by atoms with E-state index in [9.17, 15) is 14.0 Å². The first-order chi connectivity index (χ1) is 11.8. The number of ether oxygens (including phenoxy) is 1. The maximum absolute atomic E-state index is 13.8. The SMILES string of the molecule is CC1(C)COc2ccc(NC(=O)c3c(F)cccc3Cl)cc2NC1=O. The standard InChI is InChI=1S/C18H16ClFN2O3/c1-18(2)9-25-14-7-6-10(8-13(14)22-17(18)24)21-16(23)15-11(19)4-3-5-12(15)20/h3-8H,9H2,1-2H3,(H,21,23)(H,22,24). The van der Waals surface area contributed by atoms with E-state index in [1.165, 1.54) is 12.1 Å². The van der Waals surface area contributed by atoms with E-state index in [0.717, 1.165) is 6.07 Å². The second kappa shape index (κ2) is 6.37. The van der Waals surface area contributed by atoms with E-state index in [-0.39, 0.29) is 23.1 Å². The van der Waals surface area contributed by atoms with Crippen LogP contribution in [0.5, 0.6) is 5.75 Å². The van der Waals surface area contributed by atoms with Crippen molar-refractivity contribution in [1.82, 2.24) is 0 Å². The molecule has 7 heteroatoms. The Bertz CT molecular complexity index is 847. The predicted octanol–water partition coefficient (Wildman–Crippen LogP) is 4.09. The average molecular weight is 363 g/mol. The number of anilines is 2. The van der Waals surface area contributed by atoms with Gasteiger partial charge in [0.1, 0.15) is 18.2 Å². The number of carbonyl (C=O) groups excluding carboxylic acids is 2. The van der Waals surface area contributed by atoms with Crippen LogP contribution in [0.3, 0.4) is 0 Å². The molecule has 0 aromatic heterocycles. The van der Waals surface area contributed by atoms with E-state index >= 15 is 0 Å². The van der Waals surface area contributed by atoms with Crippen molar-refractivity contribution in [1.29, 1.82) is 0 Å². The summed E-state index contributed by atoms with van der Waals surface area (Å²) in [5, 5.41) is 5.37. The molecule has 0 unspecified atom stereocenters. The number of hydrogen-bond donors (Lipinski definition) is 2. The van der Waals surface area contributed by atoms with Crippen molar-refractivity contribution < 1.29 is 18.7 Å². The molecule has 25 heavy (non-hydrogen) atoms. The molecule has 1 aliphatic rings. The van der Waals surface area contributed by atoms with E-state index in [1.807, 2.05) is 0 Å². The fourth-order valence-electron chi connectivity index (χ4n) is 2.35. The monoisotopic (exact) mass is 362 g/mol. The average Bonchev–Trinajstić information content (AvgIpc) is 2.64. The van der Waals surface area contributed by atoms with E-state index in [2.05, 4.69) is 10.6 Å². The third-order valence-electron chi connectivity index (χ3n) is 3.88. The number of nitrogens with one attached hydrogen (secondary N) is 2. The van der Waals surface area contributed by atoms with Gasteiger partial charge in [-0.25, -0.2) is 4.39 Å². The van der Waals surface area contributed by atoms with E-state index in [1.54, 1.807) is 32.0 Å². The Morgan fingerprint density at radius 3 is 2.80 bits per heavy atom. The number of rotatable bonds is 2. The molecule has 2 aromatic rings. The second-order valence-corrected chi connectivity index (χ2v) is 6.80. The van der Waals surface area contributed by atoms with Crippen LogP contribution < -0.4 is 15.4 Å². The lowest BCUT2D eigenvalue weighted by atomic mass is 9.94. The largest absolute Gasteiger partial charge is 0.490 e. The van der Waals surface area contributed by atoms with Crippen LogP contribution in [-0.4, -0.2) is 18.4 Å². The summed E-state index contributed by atoms with van der Waals surface area (Å²) in [6.45, 7) is 3.79. The molecule has 1 heterocycles. The summed E-state index contributed by atoms with van der Waals surface area (Å²) in [5.74, 6) is -1.07. The molecule has 0 saturated heterocycles.